The number of rotatable bonds is 5. The number of piperidine rings is 1. The summed E-state index contributed by atoms with van der Waals surface area (Å²) in [4.78, 5) is 6.06. The van der Waals surface area contributed by atoms with Crippen molar-refractivity contribution in [2.75, 3.05) is 19.6 Å². The number of likely N-dealkylation sites (tertiary alicyclic amines) is 1. The van der Waals surface area contributed by atoms with Crippen LogP contribution in [0, 0.1) is 5.92 Å². The fourth-order valence-corrected chi connectivity index (χ4v) is 4.09. The van der Waals surface area contributed by atoms with Gasteiger partial charge in [-0.1, -0.05) is 48.5 Å². The largest absolute Gasteiger partial charge is 0.361 e. The van der Waals surface area contributed by atoms with Gasteiger partial charge in [0.25, 0.3) is 0 Å². The molecule has 4 rings (SSSR count). The molecule has 1 aliphatic heterocycles. The van der Waals surface area contributed by atoms with Crippen molar-refractivity contribution < 1.29 is 0 Å². The summed E-state index contributed by atoms with van der Waals surface area (Å²) in [5.41, 5.74) is 4.20. The first-order valence-corrected chi connectivity index (χ1v) is 9.20. The Bertz CT molecular complexity index is 775. The highest BCUT2D eigenvalue weighted by Gasteiger charge is 2.20. The van der Waals surface area contributed by atoms with Gasteiger partial charge in [-0.15, -0.1) is 0 Å². The third-order valence-electron chi connectivity index (χ3n) is 5.34. The van der Waals surface area contributed by atoms with Crippen LogP contribution in [-0.2, 0) is 12.8 Å². The van der Waals surface area contributed by atoms with Gasteiger partial charge in [0.05, 0.1) is 0 Å². The first kappa shape index (κ1) is 15.5. The van der Waals surface area contributed by atoms with Gasteiger partial charge in [0.15, 0.2) is 0 Å². The Morgan fingerprint density at radius 2 is 1.83 bits per heavy atom. The van der Waals surface area contributed by atoms with Crippen LogP contribution in [0.2, 0.25) is 0 Å². The second kappa shape index (κ2) is 7.23. The summed E-state index contributed by atoms with van der Waals surface area (Å²) in [5.74, 6) is 0.809. The van der Waals surface area contributed by atoms with Crippen LogP contribution in [0.4, 0.5) is 0 Å². The number of para-hydroxylation sites is 1. The maximum atomic E-state index is 3.40. The molecule has 1 atom stereocenters. The van der Waals surface area contributed by atoms with Crippen LogP contribution in [-0.4, -0.2) is 29.5 Å². The molecule has 0 unspecified atom stereocenters. The van der Waals surface area contributed by atoms with E-state index in [0.717, 1.165) is 12.3 Å². The molecule has 0 spiro atoms. The van der Waals surface area contributed by atoms with E-state index in [9.17, 15) is 0 Å². The molecule has 0 aliphatic carbocycles. The van der Waals surface area contributed by atoms with E-state index < -0.39 is 0 Å². The van der Waals surface area contributed by atoms with E-state index in [2.05, 4.69) is 70.7 Å². The number of nitrogens with zero attached hydrogens (tertiary/aromatic N) is 1. The van der Waals surface area contributed by atoms with Gasteiger partial charge in [-0.2, -0.15) is 0 Å². The van der Waals surface area contributed by atoms with Gasteiger partial charge in [-0.25, -0.2) is 0 Å². The molecular formula is C22H26N2. The minimum Gasteiger partial charge on any atom is -0.361 e. The highest BCUT2D eigenvalue weighted by atomic mass is 15.1. The van der Waals surface area contributed by atoms with Gasteiger partial charge in [0.2, 0.25) is 0 Å². The molecule has 2 nitrogen and oxygen atoms in total. The Labute approximate surface area is 144 Å². The predicted molar refractivity (Wildman–Crippen MR) is 101 cm³/mol. The van der Waals surface area contributed by atoms with Crippen LogP contribution in [0.1, 0.15) is 24.0 Å². The van der Waals surface area contributed by atoms with Gasteiger partial charge in [-0.3, -0.25) is 0 Å². The van der Waals surface area contributed by atoms with Gasteiger partial charge in [0.1, 0.15) is 0 Å². The Kier molecular flexibility index (Phi) is 4.66. The van der Waals surface area contributed by atoms with Crippen molar-refractivity contribution >= 4 is 10.9 Å². The number of fused-ring (bicyclic) bond motifs is 1. The Morgan fingerprint density at radius 3 is 2.75 bits per heavy atom. The summed E-state index contributed by atoms with van der Waals surface area (Å²) in [6, 6.07) is 19.6. The first-order chi connectivity index (χ1) is 11.9. The third-order valence-corrected chi connectivity index (χ3v) is 5.34. The lowest BCUT2D eigenvalue weighted by Gasteiger charge is -2.32. The van der Waals surface area contributed by atoms with Crippen molar-refractivity contribution in [3.05, 3.63) is 71.9 Å². The predicted octanol–water partition coefficient (Wildman–Crippen LogP) is 4.67. The van der Waals surface area contributed by atoms with Crippen molar-refractivity contribution in [2.24, 2.45) is 5.92 Å². The van der Waals surface area contributed by atoms with Crippen molar-refractivity contribution in [1.82, 2.24) is 9.88 Å². The average molecular weight is 318 g/mol. The maximum Gasteiger partial charge on any atom is 0.0456 e. The number of H-pyrrole nitrogens is 1. The molecule has 0 radical (unpaired) electrons. The molecule has 2 aromatic carbocycles. The number of nitrogens with one attached hydrogen (secondary N) is 1. The van der Waals surface area contributed by atoms with Gasteiger partial charge in [0, 0.05) is 30.2 Å². The number of benzene rings is 2. The lowest BCUT2D eigenvalue weighted by Crippen LogP contribution is -2.37. The van der Waals surface area contributed by atoms with Crippen molar-refractivity contribution in [2.45, 2.75) is 25.7 Å². The van der Waals surface area contributed by atoms with Gasteiger partial charge >= 0.3 is 0 Å². The second-order valence-corrected chi connectivity index (χ2v) is 7.11. The van der Waals surface area contributed by atoms with Crippen LogP contribution in [0.5, 0.6) is 0 Å². The molecule has 0 bridgehead atoms. The van der Waals surface area contributed by atoms with Crippen LogP contribution in [0.25, 0.3) is 10.9 Å². The quantitative estimate of drug-likeness (QED) is 0.724. The first-order valence-electron chi connectivity index (χ1n) is 9.20. The lowest BCUT2D eigenvalue weighted by molar-refractivity contribution is 0.176. The molecule has 1 saturated heterocycles. The SMILES string of the molecule is c1ccc(C[C@H]2CCCN(CCc3c[nH]c4ccccc34)C2)cc1. The lowest BCUT2D eigenvalue weighted by atomic mass is 9.91. The topological polar surface area (TPSA) is 19.0 Å². The fraction of sp³-hybridized carbons (Fsp3) is 0.364. The van der Waals surface area contributed by atoms with E-state index in [-0.39, 0.29) is 0 Å². The Balaban J connectivity index is 1.35. The molecule has 24 heavy (non-hydrogen) atoms. The van der Waals surface area contributed by atoms with E-state index in [0.29, 0.717) is 0 Å². The normalized spacial score (nSPS) is 18.9. The second-order valence-electron chi connectivity index (χ2n) is 7.11. The van der Waals surface area contributed by atoms with Crippen LogP contribution < -0.4 is 0 Å². The van der Waals surface area contributed by atoms with E-state index in [4.69, 9.17) is 0 Å². The van der Waals surface area contributed by atoms with Gasteiger partial charge in [-0.05, 0) is 55.3 Å². The molecular weight excluding hydrogens is 292 g/mol. The van der Waals surface area contributed by atoms with E-state index in [1.807, 2.05) is 0 Å². The Hall–Kier alpha value is -2.06. The van der Waals surface area contributed by atoms with E-state index >= 15 is 0 Å². The van der Waals surface area contributed by atoms with Crippen LogP contribution in [0.15, 0.2) is 60.8 Å². The number of aromatic nitrogens is 1. The smallest absolute Gasteiger partial charge is 0.0456 e. The number of aromatic amines is 1. The van der Waals surface area contributed by atoms with Gasteiger partial charge < -0.3 is 9.88 Å². The zero-order valence-electron chi connectivity index (χ0n) is 14.2. The van der Waals surface area contributed by atoms with E-state index in [1.165, 1.54) is 60.9 Å². The molecule has 0 saturated carbocycles. The van der Waals surface area contributed by atoms with Crippen LogP contribution in [0.3, 0.4) is 0 Å². The summed E-state index contributed by atoms with van der Waals surface area (Å²) in [5, 5.41) is 1.38. The molecule has 2 heteroatoms. The molecule has 1 N–H and O–H groups in total. The zero-order chi connectivity index (χ0) is 16.2. The monoisotopic (exact) mass is 318 g/mol. The molecule has 3 aromatic rings. The molecule has 2 heterocycles. The number of hydrogen-bond acceptors (Lipinski definition) is 1. The average Bonchev–Trinajstić information content (AvgIpc) is 3.04. The third kappa shape index (κ3) is 3.54. The molecule has 1 aromatic heterocycles. The number of hydrogen-bond donors (Lipinski definition) is 1. The maximum absolute atomic E-state index is 3.40. The summed E-state index contributed by atoms with van der Waals surface area (Å²) in [7, 11) is 0. The highest BCUT2D eigenvalue weighted by Crippen LogP contribution is 2.22. The summed E-state index contributed by atoms with van der Waals surface area (Å²) in [6.45, 7) is 3.68. The standard InChI is InChI=1S/C22H26N2/c1-2-7-18(8-3-1)15-19-9-6-13-24(17-19)14-12-20-16-23-22-11-5-4-10-21(20)22/h1-5,7-8,10-11,16,19,23H,6,9,12-15,17H2/t19-/m1/s1. The zero-order valence-corrected chi connectivity index (χ0v) is 14.2. The van der Waals surface area contributed by atoms with E-state index in [1.54, 1.807) is 0 Å². The minimum absolute atomic E-state index is 0.809. The molecule has 124 valence electrons. The van der Waals surface area contributed by atoms with Crippen molar-refractivity contribution in [3.63, 3.8) is 0 Å². The fourth-order valence-electron chi connectivity index (χ4n) is 4.09. The van der Waals surface area contributed by atoms with Crippen molar-refractivity contribution in [3.8, 4) is 0 Å². The summed E-state index contributed by atoms with van der Waals surface area (Å²) in [6.07, 6.45) is 7.27. The molecule has 0 amide bonds. The summed E-state index contributed by atoms with van der Waals surface area (Å²) < 4.78 is 0. The minimum atomic E-state index is 0.809. The Morgan fingerprint density at radius 1 is 1.00 bits per heavy atom. The summed E-state index contributed by atoms with van der Waals surface area (Å²) >= 11 is 0. The van der Waals surface area contributed by atoms with Crippen LogP contribution >= 0.6 is 0 Å². The molecule has 1 aliphatic rings. The highest BCUT2D eigenvalue weighted by molar-refractivity contribution is 5.83. The van der Waals surface area contributed by atoms with Crippen molar-refractivity contribution in [1.29, 1.82) is 0 Å². The molecule has 1 fully saturated rings.